The molecule has 1 aliphatic heterocycles. The number of azide groups is 1. The van der Waals surface area contributed by atoms with Crippen LogP contribution in [0.2, 0.25) is 0 Å². The van der Waals surface area contributed by atoms with Crippen LogP contribution in [0.4, 0.5) is 8.78 Å². The van der Waals surface area contributed by atoms with E-state index in [9.17, 15) is 8.78 Å². The summed E-state index contributed by atoms with van der Waals surface area (Å²) in [5.74, 6) is -2.87. The van der Waals surface area contributed by atoms with E-state index in [1.54, 1.807) is 0 Å². The monoisotopic (exact) mass is 184 g/mol. The number of nitrogens with zero attached hydrogens (tertiary/aromatic N) is 3. The van der Waals surface area contributed by atoms with Gasteiger partial charge in [0.1, 0.15) is 6.04 Å². The van der Waals surface area contributed by atoms with Gasteiger partial charge in [-0.05, 0) is 5.53 Å². The van der Waals surface area contributed by atoms with Gasteiger partial charge in [-0.3, -0.25) is 0 Å². The molecule has 1 rings (SSSR count). The number of nitrogens with one attached hydrogen (secondary N) is 1. The van der Waals surface area contributed by atoms with Crippen molar-refractivity contribution in [1.82, 2.24) is 5.32 Å². The third-order valence-corrected chi connectivity index (χ3v) is 1.38. The van der Waals surface area contributed by atoms with Gasteiger partial charge in [-0.25, -0.2) is 8.78 Å². The highest BCUT2D eigenvalue weighted by Crippen LogP contribution is 2.24. The second-order valence-corrected chi connectivity index (χ2v) is 2.11. The van der Waals surface area contributed by atoms with E-state index >= 15 is 0 Å². The van der Waals surface area contributed by atoms with Gasteiger partial charge in [0.25, 0.3) is 5.92 Å². The highest BCUT2D eigenvalue weighted by atomic mass is 35.5. The zero-order valence-electron chi connectivity index (χ0n) is 5.50. The van der Waals surface area contributed by atoms with Gasteiger partial charge in [0.05, 0.1) is 6.54 Å². The maximum absolute atomic E-state index is 12.5. The van der Waals surface area contributed by atoms with E-state index < -0.39 is 18.5 Å². The molecule has 0 aromatic carbocycles. The van der Waals surface area contributed by atoms with Gasteiger partial charge in [0.15, 0.2) is 0 Å². The molecule has 1 saturated heterocycles. The van der Waals surface area contributed by atoms with Crippen molar-refractivity contribution in [2.45, 2.75) is 12.0 Å². The molecule has 1 atom stereocenters. The third kappa shape index (κ3) is 2.18. The van der Waals surface area contributed by atoms with Crippen molar-refractivity contribution in [3.05, 3.63) is 10.4 Å². The van der Waals surface area contributed by atoms with Crippen molar-refractivity contribution < 1.29 is 8.78 Å². The Balaban J connectivity index is 0.000001000. The van der Waals surface area contributed by atoms with Crippen molar-refractivity contribution in [2.75, 3.05) is 13.1 Å². The summed E-state index contributed by atoms with van der Waals surface area (Å²) in [5, 5.41) is 5.38. The first-order chi connectivity index (χ1) is 4.67. The Morgan fingerprint density at radius 3 is 2.64 bits per heavy atom. The molecular weight excluding hydrogens is 178 g/mol. The summed E-state index contributed by atoms with van der Waals surface area (Å²) in [6, 6.07) is -1.21. The van der Waals surface area contributed by atoms with E-state index in [2.05, 4.69) is 15.3 Å². The minimum absolute atomic E-state index is 0. The van der Waals surface area contributed by atoms with Crippen molar-refractivity contribution >= 4 is 12.4 Å². The molecule has 0 amide bonds. The van der Waals surface area contributed by atoms with Gasteiger partial charge in [0.2, 0.25) is 0 Å². The van der Waals surface area contributed by atoms with Crippen molar-refractivity contribution in [3.8, 4) is 0 Å². The number of hydrogen-bond donors (Lipinski definition) is 1. The molecule has 0 bridgehead atoms. The fourth-order valence-corrected chi connectivity index (χ4v) is 0.830. The molecule has 0 radical (unpaired) electrons. The lowest BCUT2D eigenvalue weighted by molar-refractivity contribution is 0.00833. The summed E-state index contributed by atoms with van der Waals surface area (Å²) in [6.45, 7) is -0.326. The van der Waals surface area contributed by atoms with E-state index in [1.807, 2.05) is 0 Å². The molecule has 1 unspecified atom stereocenters. The first-order valence-electron chi connectivity index (χ1n) is 2.79. The van der Waals surface area contributed by atoms with Crippen LogP contribution in [0.1, 0.15) is 0 Å². The van der Waals surface area contributed by atoms with Gasteiger partial charge in [-0.15, -0.1) is 12.4 Å². The van der Waals surface area contributed by atoms with Crippen LogP contribution in [0, 0.1) is 0 Å². The molecule has 0 aromatic rings. The Morgan fingerprint density at radius 1 is 1.64 bits per heavy atom. The molecule has 7 heteroatoms. The molecule has 0 saturated carbocycles. The Kier molecular flexibility index (Phi) is 3.51. The topological polar surface area (TPSA) is 60.8 Å². The Bertz CT molecular complexity index is 179. The van der Waals surface area contributed by atoms with Gasteiger partial charge in [0, 0.05) is 11.5 Å². The normalized spacial score (nSPS) is 26.9. The Morgan fingerprint density at radius 2 is 2.27 bits per heavy atom. The Hall–Kier alpha value is -0.580. The molecule has 0 aromatic heterocycles. The van der Waals surface area contributed by atoms with Crippen LogP contribution >= 0.6 is 12.4 Å². The zero-order valence-corrected chi connectivity index (χ0v) is 6.31. The van der Waals surface area contributed by atoms with Crippen molar-refractivity contribution in [2.24, 2.45) is 5.11 Å². The molecule has 0 spiro atoms. The molecule has 0 aliphatic carbocycles. The van der Waals surface area contributed by atoms with Crippen LogP contribution in [-0.4, -0.2) is 25.1 Å². The van der Waals surface area contributed by atoms with Crippen LogP contribution in [0.5, 0.6) is 0 Å². The molecular formula is C4H7ClF2N4. The standard InChI is InChI=1S/C4H6F2N4.ClH/c5-4(6)2-8-1-3(4)9-10-7;/h3,8H,1-2H2;1H. The number of alkyl halides is 2. The van der Waals surface area contributed by atoms with Crippen LogP contribution in [0.3, 0.4) is 0 Å². The summed E-state index contributed by atoms with van der Waals surface area (Å²) < 4.78 is 24.9. The SMILES string of the molecule is Cl.[N-]=[N+]=NC1CNCC1(F)F. The van der Waals surface area contributed by atoms with Crippen LogP contribution in [0.25, 0.3) is 10.4 Å². The minimum Gasteiger partial charge on any atom is -0.311 e. The number of rotatable bonds is 1. The van der Waals surface area contributed by atoms with Crippen molar-refractivity contribution in [1.29, 1.82) is 0 Å². The average molecular weight is 185 g/mol. The minimum atomic E-state index is -2.87. The summed E-state index contributed by atoms with van der Waals surface area (Å²) in [4.78, 5) is 2.32. The Labute approximate surface area is 68.0 Å². The highest BCUT2D eigenvalue weighted by molar-refractivity contribution is 5.85. The van der Waals surface area contributed by atoms with Gasteiger partial charge < -0.3 is 5.32 Å². The number of halogens is 3. The largest absolute Gasteiger partial charge is 0.311 e. The molecule has 11 heavy (non-hydrogen) atoms. The van der Waals surface area contributed by atoms with Gasteiger partial charge >= 0.3 is 0 Å². The maximum atomic E-state index is 12.5. The maximum Gasteiger partial charge on any atom is 0.269 e. The average Bonchev–Trinajstić information content (AvgIpc) is 2.13. The lowest BCUT2D eigenvalue weighted by atomic mass is 10.2. The zero-order chi connectivity index (χ0) is 7.61. The van der Waals surface area contributed by atoms with Crippen LogP contribution in [-0.2, 0) is 0 Å². The first-order valence-corrected chi connectivity index (χ1v) is 2.79. The summed E-state index contributed by atoms with van der Waals surface area (Å²) >= 11 is 0. The van der Waals surface area contributed by atoms with Crippen molar-refractivity contribution in [3.63, 3.8) is 0 Å². The summed E-state index contributed by atoms with van der Waals surface area (Å²) in [5.41, 5.74) is 7.86. The summed E-state index contributed by atoms with van der Waals surface area (Å²) in [7, 11) is 0. The van der Waals surface area contributed by atoms with E-state index in [0.29, 0.717) is 0 Å². The van der Waals surface area contributed by atoms with E-state index in [1.165, 1.54) is 0 Å². The number of hydrogen-bond acceptors (Lipinski definition) is 2. The summed E-state index contributed by atoms with van der Waals surface area (Å²) in [6.07, 6.45) is 0. The van der Waals surface area contributed by atoms with Gasteiger partial charge in [-0.2, -0.15) is 0 Å². The molecule has 1 heterocycles. The fourth-order valence-electron chi connectivity index (χ4n) is 0.830. The lowest BCUT2D eigenvalue weighted by Crippen LogP contribution is -2.29. The fraction of sp³-hybridized carbons (Fsp3) is 1.00. The van der Waals surface area contributed by atoms with Crippen LogP contribution < -0.4 is 5.32 Å². The lowest BCUT2D eigenvalue weighted by Gasteiger charge is -2.10. The van der Waals surface area contributed by atoms with E-state index in [-0.39, 0.29) is 19.0 Å². The quantitative estimate of drug-likeness (QED) is 0.373. The van der Waals surface area contributed by atoms with Crippen LogP contribution in [0.15, 0.2) is 5.11 Å². The predicted octanol–water partition coefficient (Wildman–Crippen LogP) is 1.33. The molecule has 64 valence electrons. The molecule has 4 nitrogen and oxygen atoms in total. The third-order valence-electron chi connectivity index (χ3n) is 1.38. The smallest absolute Gasteiger partial charge is 0.269 e. The second kappa shape index (κ2) is 3.71. The van der Waals surface area contributed by atoms with E-state index in [0.717, 1.165) is 0 Å². The molecule has 1 fully saturated rings. The molecule has 1 aliphatic rings. The second-order valence-electron chi connectivity index (χ2n) is 2.11. The predicted molar refractivity (Wildman–Crippen MR) is 38.0 cm³/mol. The molecule has 1 N–H and O–H groups in total. The van der Waals surface area contributed by atoms with Gasteiger partial charge in [-0.1, -0.05) is 5.11 Å². The first kappa shape index (κ1) is 10.4. The highest BCUT2D eigenvalue weighted by Gasteiger charge is 2.43. The van der Waals surface area contributed by atoms with E-state index in [4.69, 9.17) is 5.53 Å².